The summed E-state index contributed by atoms with van der Waals surface area (Å²) in [4.78, 5) is 6.37. The first kappa shape index (κ1) is 27.3. The van der Waals surface area contributed by atoms with Crippen LogP contribution in [0.15, 0.2) is 47.7 Å². The minimum absolute atomic E-state index is 0. The quantitative estimate of drug-likeness (QED) is 0.546. The molecule has 1 aromatic carbocycles. The van der Waals surface area contributed by atoms with E-state index in [9.17, 15) is 31.4 Å². The fourth-order valence-electron chi connectivity index (χ4n) is 4.01. The molecule has 2 aromatic rings. The van der Waals surface area contributed by atoms with Crippen LogP contribution in [-0.2, 0) is 0 Å². The third-order valence-electron chi connectivity index (χ3n) is 5.84. The molecule has 0 saturated carbocycles. The number of pyridine rings is 1. The second-order valence-electron chi connectivity index (χ2n) is 7.96. The number of para-hydroxylation sites is 1. The van der Waals surface area contributed by atoms with E-state index in [1.165, 1.54) is 24.4 Å². The number of piperazine rings is 1. The van der Waals surface area contributed by atoms with Crippen molar-refractivity contribution in [2.45, 2.75) is 30.4 Å². The van der Waals surface area contributed by atoms with E-state index in [2.05, 4.69) is 15.4 Å². The maximum absolute atomic E-state index is 13.5. The summed E-state index contributed by atoms with van der Waals surface area (Å²) in [5.74, 6) is 0.635. The third-order valence-corrected chi connectivity index (χ3v) is 6.16. The maximum atomic E-state index is 13.5. The summed E-state index contributed by atoms with van der Waals surface area (Å²) < 4.78 is 81.2. The fourth-order valence-corrected chi connectivity index (χ4v) is 4.23. The largest absolute Gasteiger partial charge is 0.431 e. The molecule has 14 heteroatoms. The summed E-state index contributed by atoms with van der Waals surface area (Å²) in [5, 5.41) is 17.8. The van der Waals surface area contributed by atoms with E-state index < -0.39 is 36.1 Å². The molecule has 1 unspecified atom stereocenters. The molecule has 2 aliphatic rings. The maximum Gasteiger partial charge on any atom is 0.431 e. The Morgan fingerprint density at radius 1 is 0.971 bits per heavy atom. The molecule has 192 valence electrons. The summed E-state index contributed by atoms with van der Waals surface area (Å²) in [6, 6.07) is 8.08. The van der Waals surface area contributed by atoms with Crippen LogP contribution in [0.3, 0.4) is 0 Å². The molecule has 1 atom stereocenters. The van der Waals surface area contributed by atoms with Crippen molar-refractivity contribution in [2.24, 2.45) is 5.10 Å². The minimum Gasteiger partial charge on any atom is -0.369 e. The van der Waals surface area contributed by atoms with Crippen molar-refractivity contribution in [1.29, 1.82) is 0 Å². The average Bonchev–Trinajstić information content (AvgIpc) is 3.23. The van der Waals surface area contributed by atoms with Crippen LogP contribution in [-0.4, -0.2) is 59.9 Å². The Bertz CT molecular complexity index is 1040. The number of aromatic nitrogens is 1. The van der Waals surface area contributed by atoms with Crippen molar-refractivity contribution < 1.29 is 31.4 Å². The lowest BCUT2D eigenvalue weighted by Crippen LogP contribution is -2.62. The van der Waals surface area contributed by atoms with Crippen LogP contribution in [0.5, 0.6) is 0 Å². The van der Waals surface area contributed by atoms with Gasteiger partial charge >= 0.3 is 12.4 Å². The normalized spacial score (nSPS) is 19.4. The molecule has 0 amide bonds. The lowest BCUT2D eigenvalue weighted by Gasteiger charge is -2.32. The molecule has 1 saturated heterocycles. The number of nitrogens with one attached hydrogen (secondary N) is 1. The third kappa shape index (κ3) is 5.02. The number of alkyl halides is 6. The molecule has 35 heavy (non-hydrogen) atoms. The Labute approximate surface area is 208 Å². The Morgan fingerprint density at radius 3 is 2.14 bits per heavy atom. The zero-order chi connectivity index (χ0) is 24.7. The number of hydrogen-bond acceptors (Lipinski definition) is 6. The van der Waals surface area contributed by atoms with Crippen LogP contribution in [0.2, 0.25) is 5.02 Å². The first-order valence-corrected chi connectivity index (χ1v) is 10.7. The Morgan fingerprint density at radius 2 is 1.60 bits per heavy atom. The van der Waals surface area contributed by atoms with Crippen LogP contribution in [0, 0.1) is 0 Å². The average molecular weight is 544 g/mol. The number of aliphatic hydroxyl groups is 1. The molecular weight excluding hydrogens is 523 g/mol. The van der Waals surface area contributed by atoms with E-state index in [4.69, 9.17) is 11.6 Å². The zero-order valence-electron chi connectivity index (χ0n) is 17.9. The highest BCUT2D eigenvalue weighted by atomic mass is 35.5. The molecule has 1 aromatic heterocycles. The summed E-state index contributed by atoms with van der Waals surface area (Å²) in [6.45, 7) is 2.94. The lowest BCUT2D eigenvalue weighted by molar-refractivity contribution is -0.338. The zero-order valence-corrected chi connectivity index (χ0v) is 19.5. The van der Waals surface area contributed by atoms with E-state index in [0.717, 1.165) is 18.1 Å². The lowest BCUT2D eigenvalue weighted by atomic mass is 9.90. The van der Waals surface area contributed by atoms with Crippen molar-refractivity contribution >= 4 is 41.2 Å². The van der Waals surface area contributed by atoms with Crippen molar-refractivity contribution in [1.82, 2.24) is 10.3 Å². The molecular formula is C21H21Cl2F6N5O. The van der Waals surface area contributed by atoms with Crippen molar-refractivity contribution in [3.8, 4) is 0 Å². The molecule has 4 rings (SSSR count). The van der Waals surface area contributed by atoms with Gasteiger partial charge in [-0.1, -0.05) is 29.8 Å². The molecule has 1 fully saturated rings. The standard InChI is InChI=1S/C21H20ClF6N5O.ClH/c22-14-3-1-2-4-15(14)33-16(11-17(31-33)19(34,20(23,24)25)21(26,27)28)13-5-6-18(30-12-13)32-9-7-29-8-10-32;/h1-6,12,16,29,34H,7-11H2;1H. The predicted molar refractivity (Wildman–Crippen MR) is 122 cm³/mol. The first-order valence-electron chi connectivity index (χ1n) is 10.3. The van der Waals surface area contributed by atoms with Crippen molar-refractivity contribution in [3.63, 3.8) is 0 Å². The molecule has 3 heterocycles. The highest BCUT2D eigenvalue weighted by Crippen LogP contribution is 2.49. The van der Waals surface area contributed by atoms with Gasteiger partial charge in [-0.25, -0.2) is 4.98 Å². The number of hydrogen-bond donors (Lipinski definition) is 2. The van der Waals surface area contributed by atoms with Crippen LogP contribution in [0.1, 0.15) is 18.0 Å². The van der Waals surface area contributed by atoms with Gasteiger partial charge in [0.2, 0.25) is 0 Å². The van der Waals surface area contributed by atoms with Gasteiger partial charge in [0.15, 0.2) is 0 Å². The SMILES string of the molecule is Cl.OC(C1=NN(c2ccccc2Cl)C(c2ccc(N3CCNCC3)nc2)C1)(C(F)(F)F)C(F)(F)F. The fraction of sp³-hybridized carbons (Fsp3) is 0.429. The van der Waals surface area contributed by atoms with Gasteiger partial charge in [-0.15, -0.1) is 12.4 Å². The van der Waals surface area contributed by atoms with Gasteiger partial charge in [0, 0.05) is 38.8 Å². The van der Waals surface area contributed by atoms with E-state index in [-0.39, 0.29) is 23.1 Å². The van der Waals surface area contributed by atoms with Gasteiger partial charge in [0.05, 0.1) is 22.5 Å². The van der Waals surface area contributed by atoms with E-state index in [1.807, 2.05) is 4.90 Å². The smallest absolute Gasteiger partial charge is 0.369 e. The summed E-state index contributed by atoms with van der Waals surface area (Å²) in [6.07, 6.45) is -11.5. The number of halogens is 8. The van der Waals surface area contributed by atoms with Gasteiger partial charge in [0.25, 0.3) is 5.60 Å². The number of nitrogens with zero attached hydrogens (tertiary/aromatic N) is 4. The monoisotopic (exact) mass is 543 g/mol. The molecule has 2 N–H and O–H groups in total. The molecule has 0 aliphatic carbocycles. The van der Waals surface area contributed by atoms with E-state index >= 15 is 0 Å². The number of hydrazone groups is 1. The molecule has 0 spiro atoms. The Kier molecular flexibility index (Phi) is 7.80. The molecule has 2 aliphatic heterocycles. The topological polar surface area (TPSA) is 64.0 Å². The predicted octanol–water partition coefficient (Wildman–Crippen LogP) is 4.73. The highest BCUT2D eigenvalue weighted by molar-refractivity contribution is 6.33. The summed E-state index contributed by atoms with van der Waals surface area (Å²) in [5.41, 5.74) is -6.16. The van der Waals surface area contributed by atoms with E-state index in [1.54, 1.807) is 18.2 Å². The Balaban J connectivity index is 0.00000342. The van der Waals surface area contributed by atoms with Gasteiger partial charge in [-0.3, -0.25) is 5.01 Å². The number of rotatable bonds is 4. The van der Waals surface area contributed by atoms with Gasteiger partial charge in [-0.2, -0.15) is 31.4 Å². The minimum atomic E-state index is -6.03. The molecule has 6 nitrogen and oxygen atoms in total. The van der Waals surface area contributed by atoms with Gasteiger partial charge in [-0.05, 0) is 23.8 Å². The van der Waals surface area contributed by atoms with Crippen LogP contribution < -0.4 is 15.2 Å². The van der Waals surface area contributed by atoms with Crippen LogP contribution in [0.4, 0.5) is 37.8 Å². The van der Waals surface area contributed by atoms with Crippen LogP contribution >= 0.6 is 24.0 Å². The summed E-state index contributed by atoms with van der Waals surface area (Å²) >= 11 is 6.18. The highest BCUT2D eigenvalue weighted by Gasteiger charge is 2.74. The molecule has 0 bridgehead atoms. The number of benzene rings is 1. The van der Waals surface area contributed by atoms with Gasteiger partial charge in [0.1, 0.15) is 5.82 Å². The second kappa shape index (κ2) is 10.00. The Hall–Kier alpha value is -2.28. The second-order valence-corrected chi connectivity index (χ2v) is 8.36. The van der Waals surface area contributed by atoms with Crippen LogP contribution in [0.25, 0.3) is 0 Å². The van der Waals surface area contributed by atoms with Crippen molar-refractivity contribution in [3.05, 3.63) is 53.2 Å². The van der Waals surface area contributed by atoms with Gasteiger partial charge < -0.3 is 15.3 Å². The molecule has 0 radical (unpaired) electrons. The summed E-state index contributed by atoms with van der Waals surface area (Å²) in [7, 11) is 0. The van der Waals surface area contributed by atoms with E-state index in [0.29, 0.717) is 24.5 Å². The first-order chi connectivity index (χ1) is 15.9. The number of anilines is 2. The van der Waals surface area contributed by atoms with Crippen molar-refractivity contribution in [2.75, 3.05) is 36.1 Å².